The molecule has 3 aromatic heterocycles. The van der Waals surface area contributed by atoms with Crippen LogP contribution in [-0.4, -0.2) is 39.2 Å². The lowest BCUT2D eigenvalue weighted by Gasteiger charge is -2.11. The Morgan fingerprint density at radius 1 is 1.20 bits per heavy atom. The minimum Gasteiger partial charge on any atom is -0.462 e. The molecule has 0 aliphatic rings. The highest BCUT2D eigenvalue weighted by Gasteiger charge is 2.27. The predicted molar refractivity (Wildman–Crippen MR) is 135 cm³/mol. The normalized spacial score (nSPS) is 11.0. The largest absolute Gasteiger partial charge is 0.462 e. The number of pyridine rings is 1. The Balaban J connectivity index is 1.81. The van der Waals surface area contributed by atoms with Crippen molar-refractivity contribution in [1.29, 1.82) is 0 Å². The van der Waals surface area contributed by atoms with Crippen molar-refractivity contribution < 1.29 is 19.1 Å². The number of carbonyl (C=O) groups is 3. The van der Waals surface area contributed by atoms with Gasteiger partial charge in [-0.15, -0.1) is 11.3 Å². The third-order valence-corrected chi connectivity index (χ3v) is 6.71. The van der Waals surface area contributed by atoms with Gasteiger partial charge in [0.05, 0.1) is 39.5 Å². The number of primary amides is 1. The lowest BCUT2D eigenvalue weighted by molar-refractivity contribution is 0.0506. The first-order chi connectivity index (χ1) is 16.7. The van der Waals surface area contributed by atoms with Crippen LogP contribution >= 0.6 is 11.3 Å². The van der Waals surface area contributed by atoms with Gasteiger partial charge in [0, 0.05) is 24.2 Å². The topological polar surface area (TPSA) is 129 Å². The molecule has 0 saturated heterocycles. The van der Waals surface area contributed by atoms with E-state index in [0.29, 0.717) is 34.1 Å². The standard InChI is InChI=1S/C25H25N5O4S/c1-5-10-34-25(33)20-13(2)21(22(26)31)35-24(20)28-23(32)16-11-19(17-12-30(4)29-14(17)3)27-18-9-7-6-8-15(16)18/h6-9,11-12H,5,10H2,1-4H3,(H2,26,31)(H,28,32). The molecule has 2 amide bonds. The maximum absolute atomic E-state index is 13.6. The molecule has 3 N–H and O–H groups in total. The van der Waals surface area contributed by atoms with E-state index in [0.717, 1.165) is 22.6 Å². The third kappa shape index (κ3) is 4.65. The van der Waals surface area contributed by atoms with Crippen molar-refractivity contribution in [2.45, 2.75) is 27.2 Å². The predicted octanol–water partition coefficient (Wildman–Crippen LogP) is 4.23. The molecule has 0 bridgehead atoms. The van der Waals surface area contributed by atoms with Crippen molar-refractivity contribution in [2.24, 2.45) is 12.8 Å². The molecule has 180 valence electrons. The molecule has 35 heavy (non-hydrogen) atoms. The number of hydrogen-bond acceptors (Lipinski definition) is 7. The number of benzene rings is 1. The molecule has 4 aromatic rings. The molecule has 1 aromatic carbocycles. The summed E-state index contributed by atoms with van der Waals surface area (Å²) >= 11 is 0.954. The number of aromatic nitrogens is 3. The number of hydrogen-bond donors (Lipinski definition) is 2. The first-order valence-corrected chi connectivity index (χ1v) is 11.8. The number of nitrogens with zero attached hydrogens (tertiary/aromatic N) is 3. The number of carbonyl (C=O) groups excluding carboxylic acids is 3. The Hall–Kier alpha value is -4.05. The number of anilines is 1. The highest BCUT2D eigenvalue weighted by molar-refractivity contribution is 7.18. The molecule has 0 atom stereocenters. The molecule has 4 rings (SSSR count). The van der Waals surface area contributed by atoms with Gasteiger partial charge in [-0.2, -0.15) is 5.10 Å². The monoisotopic (exact) mass is 491 g/mol. The van der Waals surface area contributed by atoms with Crippen molar-refractivity contribution >= 4 is 45.0 Å². The second-order valence-corrected chi connectivity index (χ2v) is 9.11. The van der Waals surface area contributed by atoms with Gasteiger partial charge in [0.15, 0.2) is 0 Å². The summed E-state index contributed by atoms with van der Waals surface area (Å²) in [6, 6.07) is 9.01. The number of amides is 2. The minimum atomic E-state index is -0.679. The van der Waals surface area contributed by atoms with Gasteiger partial charge in [-0.05, 0) is 38.0 Å². The number of aryl methyl sites for hydroxylation is 2. The second-order valence-electron chi connectivity index (χ2n) is 8.09. The van der Waals surface area contributed by atoms with E-state index in [1.54, 1.807) is 17.7 Å². The van der Waals surface area contributed by atoms with Crippen LogP contribution in [0.1, 0.15) is 55.0 Å². The summed E-state index contributed by atoms with van der Waals surface area (Å²) in [6.07, 6.45) is 2.48. The summed E-state index contributed by atoms with van der Waals surface area (Å²) in [4.78, 5) is 43.2. The van der Waals surface area contributed by atoms with Crippen LogP contribution in [0.15, 0.2) is 36.5 Å². The van der Waals surface area contributed by atoms with Crippen molar-refractivity contribution in [3.8, 4) is 11.3 Å². The van der Waals surface area contributed by atoms with E-state index < -0.39 is 17.8 Å². The summed E-state index contributed by atoms with van der Waals surface area (Å²) in [5.74, 6) is -1.75. The number of esters is 1. The van der Waals surface area contributed by atoms with Crippen LogP contribution < -0.4 is 11.1 Å². The second kappa shape index (κ2) is 9.67. The van der Waals surface area contributed by atoms with Crippen LogP contribution in [-0.2, 0) is 11.8 Å². The molecule has 0 aliphatic heterocycles. The van der Waals surface area contributed by atoms with Gasteiger partial charge in [-0.1, -0.05) is 25.1 Å². The average Bonchev–Trinajstić information content (AvgIpc) is 3.34. The summed E-state index contributed by atoms with van der Waals surface area (Å²) < 4.78 is 6.98. The Bertz CT molecular complexity index is 1470. The molecule has 0 radical (unpaired) electrons. The fraction of sp³-hybridized carbons (Fsp3) is 0.240. The van der Waals surface area contributed by atoms with Gasteiger partial charge < -0.3 is 15.8 Å². The molecule has 0 spiro atoms. The van der Waals surface area contributed by atoms with E-state index in [4.69, 9.17) is 15.5 Å². The maximum Gasteiger partial charge on any atom is 0.341 e. The number of thiophene rings is 1. The van der Waals surface area contributed by atoms with Crippen LogP contribution in [0.25, 0.3) is 22.2 Å². The molecule has 0 unspecified atom stereocenters. The molecule has 0 aliphatic carbocycles. The number of nitrogens with one attached hydrogen (secondary N) is 1. The lowest BCUT2D eigenvalue weighted by atomic mass is 10.0. The molecule has 3 heterocycles. The molecular weight excluding hydrogens is 466 g/mol. The first-order valence-electron chi connectivity index (χ1n) is 11.0. The fourth-order valence-electron chi connectivity index (χ4n) is 3.87. The zero-order valence-corrected chi connectivity index (χ0v) is 20.7. The summed E-state index contributed by atoms with van der Waals surface area (Å²) in [5, 5.41) is 8.05. The number of nitrogens with two attached hydrogens (primary N) is 1. The fourth-order valence-corrected chi connectivity index (χ4v) is 4.91. The van der Waals surface area contributed by atoms with Gasteiger partial charge in [-0.3, -0.25) is 14.3 Å². The van der Waals surface area contributed by atoms with Crippen LogP contribution in [0.5, 0.6) is 0 Å². The molecule has 0 saturated carbocycles. The zero-order chi connectivity index (χ0) is 25.3. The SMILES string of the molecule is CCCOC(=O)c1c(NC(=O)c2cc(-c3cn(C)nc3C)nc3ccccc23)sc(C(N)=O)c1C. The summed E-state index contributed by atoms with van der Waals surface area (Å²) in [7, 11) is 1.82. The van der Waals surface area contributed by atoms with Crippen LogP contribution in [0, 0.1) is 13.8 Å². The van der Waals surface area contributed by atoms with Gasteiger partial charge in [0.25, 0.3) is 11.8 Å². The Labute approximate surface area is 205 Å². The molecular formula is C25H25N5O4S. The zero-order valence-electron chi connectivity index (χ0n) is 19.8. The van der Waals surface area contributed by atoms with Crippen molar-refractivity contribution in [2.75, 3.05) is 11.9 Å². The molecule has 10 heteroatoms. The first kappa shape index (κ1) is 24.1. The minimum absolute atomic E-state index is 0.132. The van der Waals surface area contributed by atoms with Gasteiger partial charge in [0.2, 0.25) is 0 Å². The number of ether oxygens (including phenoxy) is 1. The number of rotatable bonds is 7. The van der Waals surface area contributed by atoms with Crippen molar-refractivity contribution in [1.82, 2.24) is 14.8 Å². The molecule has 0 fully saturated rings. The number of para-hydroxylation sites is 1. The number of fused-ring (bicyclic) bond motifs is 1. The van der Waals surface area contributed by atoms with Crippen LogP contribution in [0.2, 0.25) is 0 Å². The van der Waals surface area contributed by atoms with E-state index in [1.807, 2.05) is 51.4 Å². The Morgan fingerprint density at radius 2 is 1.94 bits per heavy atom. The Kier molecular flexibility index (Phi) is 6.65. The van der Waals surface area contributed by atoms with Gasteiger partial charge >= 0.3 is 5.97 Å². The maximum atomic E-state index is 13.6. The van der Waals surface area contributed by atoms with E-state index in [1.165, 1.54) is 0 Å². The van der Waals surface area contributed by atoms with E-state index in [9.17, 15) is 14.4 Å². The highest BCUT2D eigenvalue weighted by Crippen LogP contribution is 2.35. The third-order valence-electron chi connectivity index (χ3n) is 5.49. The summed E-state index contributed by atoms with van der Waals surface area (Å²) in [5.41, 5.74) is 9.21. The van der Waals surface area contributed by atoms with Crippen molar-refractivity contribution in [3.63, 3.8) is 0 Å². The van der Waals surface area contributed by atoms with Crippen molar-refractivity contribution in [3.05, 3.63) is 63.8 Å². The quantitative estimate of drug-likeness (QED) is 0.372. The van der Waals surface area contributed by atoms with E-state index in [2.05, 4.69) is 10.4 Å². The van der Waals surface area contributed by atoms with E-state index in [-0.39, 0.29) is 22.0 Å². The highest BCUT2D eigenvalue weighted by atomic mass is 32.1. The summed E-state index contributed by atoms with van der Waals surface area (Å²) in [6.45, 7) is 5.58. The smallest absolute Gasteiger partial charge is 0.341 e. The van der Waals surface area contributed by atoms with Crippen LogP contribution in [0.3, 0.4) is 0 Å². The van der Waals surface area contributed by atoms with Gasteiger partial charge in [0.1, 0.15) is 5.00 Å². The molecule has 9 nitrogen and oxygen atoms in total. The average molecular weight is 492 g/mol. The van der Waals surface area contributed by atoms with E-state index >= 15 is 0 Å². The Morgan fingerprint density at radius 3 is 2.60 bits per heavy atom. The van der Waals surface area contributed by atoms with Gasteiger partial charge in [-0.25, -0.2) is 9.78 Å². The van der Waals surface area contributed by atoms with Crippen LogP contribution in [0.4, 0.5) is 5.00 Å². The lowest BCUT2D eigenvalue weighted by Crippen LogP contribution is -2.16.